The first-order chi connectivity index (χ1) is 15.3. The molecule has 164 valence electrons. The van der Waals surface area contributed by atoms with Crippen LogP contribution in [0.5, 0.6) is 0 Å². The molecule has 0 radical (unpaired) electrons. The van der Waals surface area contributed by atoms with Crippen LogP contribution >= 0.6 is 11.3 Å². The molecule has 0 N–H and O–H groups in total. The molecular weight excluding hydrogens is 442 g/mol. The summed E-state index contributed by atoms with van der Waals surface area (Å²) in [4.78, 5) is 24.2. The highest BCUT2D eigenvalue weighted by Gasteiger charge is 2.24. The van der Waals surface area contributed by atoms with Crippen molar-refractivity contribution in [2.24, 2.45) is 0 Å². The zero-order chi connectivity index (χ0) is 22.9. The number of fused-ring (bicyclic) bond motifs is 1. The van der Waals surface area contributed by atoms with Crippen LogP contribution in [0.2, 0.25) is 0 Å². The molecule has 0 aliphatic carbocycles. The Balaban J connectivity index is 1.73. The van der Waals surface area contributed by atoms with Gasteiger partial charge in [0.1, 0.15) is 0 Å². The molecule has 0 spiro atoms. The molecule has 0 saturated carbocycles. The average molecular weight is 466 g/mol. The number of sulfone groups is 1. The largest absolute Gasteiger partial charge is 0.279 e. The molecule has 0 atom stereocenters. The molecule has 2 aromatic heterocycles. The quantitative estimate of drug-likeness (QED) is 0.399. The Bertz CT molecular complexity index is 1360. The van der Waals surface area contributed by atoms with Crippen LogP contribution in [0, 0.1) is 6.92 Å². The van der Waals surface area contributed by atoms with E-state index >= 15 is 0 Å². The SMILES string of the molecule is Cc1ccc2nc(N(Cc3cccnc3)C(=O)c3ccc(S(=O)(=O)C(C)C)cc3)sc2c1. The summed E-state index contributed by atoms with van der Waals surface area (Å²) in [5, 5.41) is 0.0515. The molecule has 4 aromatic rings. The van der Waals surface area contributed by atoms with Gasteiger partial charge in [0.25, 0.3) is 5.91 Å². The van der Waals surface area contributed by atoms with Crippen LogP contribution in [0.1, 0.15) is 35.3 Å². The Morgan fingerprint density at radius 1 is 1.09 bits per heavy atom. The van der Waals surface area contributed by atoms with Crippen molar-refractivity contribution in [2.75, 3.05) is 4.90 Å². The summed E-state index contributed by atoms with van der Waals surface area (Å²) in [6, 6.07) is 15.8. The Morgan fingerprint density at radius 2 is 1.84 bits per heavy atom. The number of rotatable bonds is 6. The number of aromatic nitrogens is 2. The number of thiazole rings is 1. The Kier molecular flexibility index (Phi) is 6.08. The first kappa shape index (κ1) is 22.1. The van der Waals surface area contributed by atoms with Gasteiger partial charge in [-0.1, -0.05) is 23.5 Å². The summed E-state index contributed by atoms with van der Waals surface area (Å²) < 4.78 is 25.9. The molecule has 32 heavy (non-hydrogen) atoms. The summed E-state index contributed by atoms with van der Waals surface area (Å²) in [5.74, 6) is -0.252. The zero-order valence-corrected chi connectivity index (χ0v) is 19.7. The van der Waals surface area contributed by atoms with Crippen LogP contribution in [-0.2, 0) is 16.4 Å². The lowest BCUT2D eigenvalue weighted by Crippen LogP contribution is -2.30. The third-order valence-electron chi connectivity index (χ3n) is 5.12. The lowest BCUT2D eigenvalue weighted by molar-refractivity contribution is 0.0985. The second-order valence-electron chi connectivity index (χ2n) is 7.84. The van der Waals surface area contributed by atoms with E-state index in [0.717, 1.165) is 21.3 Å². The van der Waals surface area contributed by atoms with Gasteiger partial charge in [0.2, 0.25) is 0 Å². The molecule has 0 bridgehead atoms. The molecule has 0 aliphatic rings. The molecule has 2 heterocycles. The van der Waals surface area contributed by atoms with Gasteiger partial charge in [-0.05, 0) is 74.4 Å². The lowest BCUT2D eigenvalue weighted by Gasteiger charge is -2.20. The highest BCUT2D eigenvalue weighted by Crippen LogP contribution is 2.31. The average Bonchev–Trinajstić information content (AvgIpc) is 3.20. The third-order valence-corrected chi connectivity index (χ3v) is 8.33. The van der Waals surface area contributed by atoms with Crippen LogP contribution in [0.3, 0.4) is 0 Å². The smallest absolute Gasteiger partial charge is 0.260 e. The van der Waals surface area contributed by atoms with Crippen LogP contribution in [-0.4, -0.2) is 29.5 Å². The van der Waals surface area contributed by atoms with E-state index in [1.165, 1.54) is 23.5 Å². The Morgan fingerprint density at radius 3 is 2.50 bits per heavy atom. The topological polar surface area (TPSA) is 80.2 Å². The van der Waals surface area contributed by atoms with E-state index in [1.54, 1.807) is 43.3 Å². The standard InChI is InChI=1S/C24H23N3O3S2/c1-16(2)32(29,30)20-9-7-19(8-10-20)23(28)27(15-18-5-4-12-25-14-18)24-26-21-11-6-17(3)13-22(21)31-24/h4-14,16H,15H2,1-3H3. The third kappa shape index (κ3) is 4.42. The minimum Gasteiger partial charge on any atom is -0.279 e. The second kappa shape index (κ2) is 8.80. The van der Waals surface area contributed by atoms with Gasteiger partial charge >= 0.3 is 0 Å². The van der Waals surface area contributed by atoms with E-state index < -0.39 is 15.1 Å². The summed E-state index contributed by atoms with van der Waals surface area (Å²) >= 11 is 1.45. The molecule has 0 unspecified atom stereocenters. The van der Waals surface area contributed by atoms with Gasteiger partial charge < -0.3 is 0 Å². The van der Waals surface area contributed by atoms with Crippen molar-refractivity contribution in [3.8, 4) is 0 Å². The number of hydrogen-bond donors (Lipinski definition) is 0. The van der Waals surface area contributed by atoms with Crippen LogP contribution in [0.25, 0.3) is 10.2 Å². The minimum atomic E-state index is -3.41. The van der Waals surface area contributed by atoms with Crippen molar-refractivity contribution in [1.29, 1.82) is 0 Å². The van der Waals surface area contributed by atoms with Gasteiger partial charge in [-0.15, -0.1) is 0 Å². The molecular formula is C24H23N3O3S2. The first-order valence-corrected chi connectivity index (χ1v) is 12.5. The number of carbonyl (C=O) groups excluding carboxylic acids is 1. The first-order valence-electron chi connectivity index (χ1n) is 10.2. The van der Waals surface area contributed by atoms with Crippen molar-refractivity contribution >= 4 is 42.4 Å². The monoisotopic (exact) mass is 465 g/mol. The van der Waals surface area contributed by atoms with Crippen molar-refractivity contribution in [2.45, 2.75) is 37.5 Å². The summed E-state index contributed by atoms with van der Waals surface area (Å²) in [6.07, 6.45) is 3.40. The number of benzene rings is 2. The van der Waals surface area contributed by atoms with Crippen LogP contribution < -0.4 is 4.90 Å². The highest BCUT2D eigenvalue weighted by atomic mass is 32.2. The van der Waals surface area contributed by atoms with E-state index in [0.29, 0.717) is 17.2 Å². The lowest BCUT2D eigenvalue weighted by atomic mass is 10.2. The van der Waals surface area contributed by atoms with E-state index in [-0.39, 0.29) is 10.8 Å². The highest BCUT2D eigenvalue weighted by molar-refractivity contribution is 7.92. The Hall–Kier alpha value is -3.10. The molecule has 0 aliphatic heterocycles. The maximum Gasteiger partial charge on any atom is 0.260 e. The number of hydrogen-bond acceptors (Lipinski definition) is 6. The molecule has 2 aromatic carbocycles. The van der Waals surface area contributed by atoms with Crippen molar-refractivity contribution in [3.63, 3.8) is 0 Å². The molecule has 0 fully saturated rings. The van der Waals surface area contributed by atoms with Gasteiger partial charge in [-0.2, -0.15) is 0 Å². The predicted octanol–water partition coefficient (Wildman–Crippen LogP) is 5.03. The minimum absolute atomic E-state index is 0.207. The molecule has 6 nitrogen and oxygen atoms in total. The summed E-state index contributed by atoms with van der Waals surface area (Å²) in [5.41, 5.74) is 3.22. The summed E-state index contributed by atoms with van der Waals surface area (Å²) in [7, 11) is -3.41. The van der Waals surface area contributed by atoms with Crippen LogP contribution in [0.4, 0.5) is 5.13 Å². The fourth-order valence-electron chi connectivity index (χ4n) is 3.25. The van der Waals surface area contributed by atoms with E-state index in [2.05, 4.69) is 16.0 Å². The van der Waals surface area contributed by atoms with E-state index in [9.17, 15) is 13.2 Å². The van der Waals surface area contributed by atoms with Gasteiger partial charge in [0.15, 0.2) is 15.0 Å². The van der Waals surface area contributed by atoms with Gasteiger partial charge in [-0.3, -0.25) is 14.7 Å². The number of nitrogens with zero attached hydrogens (tertiary/aromatic N) is 3. The number of amides is 1. The number of aryl methyl sites for hydroxylation is 1. The van der Waals surface area contributed by atoms with Gasteiger partial charge in [-0.25, -0.2) is 13.4 Å². The molecule has 1 amide bonds. The molecule has 4 rings (SSSR count). The normalized spacial score (nSPS) is 11.8. The van der Waals surface area contributed by atoms with E-state index in [4.69, 9.17) is 0 Å². The second-order valence-corrected chi connectivity index (χ2v) is 11.4. The summed E-state index contributed by atoms with van der Waals surface area (Å²) in [6.45, 7) is 5.60. The van der Waals surface area contributed by atoms with E-state index in [1.807, 2.05) is 31.2 Å². The maximum absolute atomic E-state index is 13.5. The molecule has 0 saturated heterocycles. The fraction of sp³-hybridized carbons (Fsp3) is 0.208. The maximum atomic E-state index is 13.5. The van der Waals surface area contributed by atoms with Gasteiger partial charge in [0.05, 0.1) is 26.9 Å². The fourth-order valence-corrected chi connectivity index (χ4v) is 5.37. The number of pyridine rings is 1. The number of carbonyl (C=O) groups is 1. The van der Waals surface area contributed by atoms with Crippen LogP contribution in [0.15, 0.2) is 71.9 Å². The van der Waals surface area contributed by atoms with Gasteiger partial charge in [0, 0.05) is 18.0 Å². The zero-order valence-electron chi connectivity index (χ0n) is 18.0. The van der Waals surface area contributed by atoms with Crippen molar-refractivity contribution in [1.82, 2.24) is 9.97 Å². The number of anilines is 1. The van der Waals surface area contributed by atoms with Crippen molar-refractivity contribution in [3.05, 3.63) is 83.7 Å². The predicted molar refractivity (Wildman–Crippen MR) is 128 cm³/mol. The molecule has 8 heteroatoms. The van der Waals surface area contributed by atoms with Crippen molar-refractivity contribution < 1.29 is 13.2 Å². The Labute approximate surface area is 191 Å².